The largest absolute Gasteiger partial charge is 0.334 e. The molecule has 0 saturated carbocycles. The van der Waals surface area contributed by atoms with Crippen molar-refractivity contribution in [1.29, 1.82) is 0 Å². The van der Waals surface area contributed by atoms with Gasteiger partial charge in [0.25, 0.3) is 0 Å². The molecule has 1 saturated heterocycles. The lowest BCUT2D eigenvalue weighted by Crippen LogP contribution is -2.39. The smallest absolute Gasteiger partial charge is 0.249 e. The average Bonchev–Trinajstić information content (AvgIpc) is 3.04. The summed E-state index contributed by atoms with van der Waals surface area (Å²) in [6, 6.07) is 6.76. The van der Waals surface area contributed by atoms with Gasteiger partial charge in [0.15, 0.2) is 5.82 Å². The Balaban J connectivity index is 1.81. The van der Waals surface area contributed by atoms with Crippen LogP contribution in [0.4, 0.5) is 5.95 Å². The van der Waals surface area contributed by atoms with E-state index in [-0.39, 0.29) is 11.8 Å². The first-order valence-corrected chi connectivity index (χ1v) is 7.57. The molecular weight excluding hydrogens is 318 g/mol. The van der Waals surface area contributed by atoms with Gasteiger partial charge in [-0.1, -0.05) is 23.7 Å². The van der Waals surface area contributed by atoms with E-state index in [1.54, 1.807) is 20.2 Å². The van der Waals surface area contributed by atoms with Gasteiger partial charge in [-0.05, 0) is 18.6 Å². The summed E-state index contributed by atoms with van der Waals surface area (Å²) in [5, 5.41) is 7.55. The highest BCUT2D eigenvalue weighted by Gasteiger charge is 2.33. The van der Waals surface area contributed by atoms with Crippen LogP contribution < -0.4 is 5.32 Å². The number of nitrogens with one attached hydrogen (secondary N) is 1. The Labute approximate surface area is 138 Å². The maximum absolute atomic E-state index is 12.3. The Morgan fingerprint density at radius 2 is 2.09 bits per heavy atom. The zero-order chi connectivity index (χ0) is 16.6. The first kappa shape index (κ1) is 15.5. The highest BCUT2D eigenvalue weighted by molar-refractivity contribution is 6.33. The molecule has 1 aromatic carbocycles. The number of likely N-dealkylation sites (N-methyl/N-ethyl adjacent to an activating group) is 1. The van der Waals surface area contributed by atoms with E-state index in [2.05, 4.69) is 15.4 Å². The SMILES string of the molecule is CN1C(=O)CCC1C(=O)Nc1nc(-c2ccccc2Cl)nn1C. The van der Waals surface area contributed by atoms with E-state index in [0.29, 0.717) is 35.2 Å². The van der Waals surface area contributed by atoms with Gasteiger partial charge in [0.1, 0.15) is 6.04 Å². The van der Waals surface area contributed by atoms with Gasteiger partial charge in [-0.25, -0.2) is 4.68 Å². The molecule has 0 radical (unpaired) electrons. The van der Waals surface area contributed by atoms with E-state index in [1.165, 1.54) is 9.58 Å². The van der Waals surface area contributed by atoms with Gasteiger partial charge >= 0.3 is 0 Å². The molecule has 8 heteroatoms. The summed E-state index contributed by atoms with van der Waals surface area (Å²) in [7, 11) is 3.32. The molecule has 0 spiro atoms. The minimum absolute atomic E-state index is 0.0279. The highest BCUT2D eigenvalue weighted by Crippen LogP contribution is 2.26. The normalized spacial score (nSPS) is 17.6. The van der Waals surface area contributed by atoms with Gasteiger partial charge in [-0.15, -0.1) is 5.10 Å². The van der Waals surface area contributed by atoms with E-state index in [9.17, 15) is 9.59 Å². The monoisotopic (exact) mass is 333 g/mol. The summed E-state index contributed by atoms with van der Waals surface area (Å²) in [4.78, 5) is 29.6. The van der Waals surface area contributed by atoms with Crippen molar-refractivity contribution in [2.75, 3.05) is 12.4 Å². The predicted molar refractivity (Wildman–Crippen MR) is 85.9 cm³/mol. The molecule has 2 heterocycles. The fourth-order valence-electron chi connectivity index (χ4n) is 2.55. The maximum Gasteiger partial charge on any atom is 0.249 e. The number of likely N-dealkylation sites (tertiary alicyclic amines) is 1. The van der Waals surface area contributed by atoms with Crippen LogP contribution in [0.15, 0.2) is 24.3 Å². The number of halogens is 1. The second-order valence-electron chi connectivity index (χ2n) is 5.41. The Bertz CT molecular complexity index is 773. The Kier molecular flexibility index (Phi) is 4.04. The third-order valence-electron chi connectivity index (χ3n) is 3.91. The quantitative estimate of drug-likeness (QED) is 0.927. The first-order chi connectivity index (χ1) is 11.0. The van der Waals surface area contributed by atoms with Crippen LogP contribution in [0.5, 0.6) is 0 Å². The zero-order valence-electron chi connectivity index (χ0n) is 12.8. The number of hydrogen-bond acceptors (Lipinski definition) is 4. The number of aromatic nitrogens is 3. The van der Waals surface area contributed by atoms with Crippen LogP contribution in [0.1, 0.15) is 12.8 Å². The standard InChI is InChI=1S/C15H16ClN5O2/c1-20-11(7-8-12(20)22)14(23)18-15-17-13(19-21(15)2)9-5-3-4-6-10(9)16/h3-6,11H,7-8H2,1-2H3,(H,17,18,19,23). The summed E-state index contributed by atoms with van der Waals surface area (Å²) in [5.41, 5.74) is 0.693. The number of nitrogens with zero attached hydrogens (tertiary/aromatic N) is 4. The third kappa shape index (κ3) is 2.92. The van der Waals surface area contributed by atoms with E-state index in [1.807, 2.05) is 18.2 Å². The lowest BCUT2D eigenvalue weighted by molar-refractivity contribution is -0.131. The number of anilines is 1. The average molecular weight is 334 g/mol. The number of hydrogen-bond donors (Lipinski definition) is 1. The Hall–Kier alpha value is -2.41. The van der Waals surface area contributed by atoms with Crippen molar-refractivity contribution in [3.05, 3.63) is 29.3 Å². The second-order valence-corrected chi connectivity index (χ2v) is 5.82. The van der Waals surface area contributed by atoms with Crippen molar-refractivity contribution in [3.8, 4) is 11.4 Å². The number of rotatable bonds is 3. The molecule has 1 fully saturated rings. The molecule has 1 aromatic heterocycles. The van der Waals surface area contributed by atoms with E-state index >= 15 is 0 Å². The van der Waals surface area contributed by atoms with Crippen LogP contribution in [-0.2, 0) is 16.6 Å². The molecule has 120 valence electrons. The molecule has 1 atom stereocenters. The van der Waals surface area contributed by atoms with Crippen molar-refractivity contribution in [2.45, 2.75) is 18.9 Å². The lowest BCUT2D eigenvalue weighted by atomic mass is 10.2. The molecule has 0 aliphatic carbocycles. The first-order valence-electron chi connectivity index (χ1n) is 7.20. The molecule has 1 aliphatic heterocycles. The van der Waals surface area contributed by atoms with E-state index in [4.69, 9.17) is 11.6 Å². The van der Waals surface area contributed by atoms with Gasteiger partial charge in [0, 0.05) is 26.1 Å². The van der Waals surface area contributed by atoms with Crippen LogP contribution >= 0.6 is 11.6 Å². The van der Waals surface area contributed by atoms with Gasteiger partial charge in [-0.2, -0.15) is 4.98 Å². The number of benzene rings is 1. The fourth-order valence-corrected chi connectivity index (χ4v) is 2.77. The molecule has 3 rings (SSSR count). The minimum atomic E-state index is -0.469. The lowest BCUT2D eigenvalue weighted by Gasteiger charge is -2.18. The van der Waals surface area contributed by atoms with Crippen LogP contribution in [0.3, 0.4) is 0 Å². The van der Waals surface area contributed by atoms with Crippen LogP contribution in [-0.4, -0.2) is 44.6 Å². The minimum Gasteiger partial charge on any atom is -0.334 e. The summed E-state index contributed by atoms with van der Waals surface area (Å²) in [6.07, 6.45) is 0.897. The Morgan fingerprint density at radius 3 is 2.74 bits per heavy atom. The zero-order valence-corrected chi connectivity index (χ0v) is 13.5. The van der Waals surface area contributed by atoms with Gasteiger partial charge in [0.2, 0.25) is 17.8 Å². The van der Waals surface area contributed by atoms with Crippen LogP contribution in [0, 0.1) is 0 Å². The van der Waals surface area contributed by atoms with Crippen LogP contribution in [0.25, 0.3) is 11.4 Å². The molecule has 1 N–H and O–H groups in total. The highest BCUT2D eigenvalue weighted by atomic mass is 35.5. The third-order valence-corrected chi connectivity index (χ3v) is 4.24. The fraction of sp³-hybridized carbons (Fsp3) is 0.333. The molecule has 1 aliphatic rings. The Morgan fingerprint density at radius 1 is 1.35 bits per heavy atom. The molecule has 2 amide bonds. The van der Waals surface area contributed by atoms with Gasteiger partial charge < -0.3 is 4.90 Å². The maximum atomic E-state index is 12.3. The van der Waals surface area contributed by atoms with Crippen molar-refractivity contribution in [2.24, 2.45) is 7.05 Å². The molecule has 0 bridgehead atoms. The number of aryl methyl sites for hydroxylation is 1. The molecule has 2 aromatic rings. The molecule has 1 unspecified atom stereocenters. The van der Waals surface area contributed by atoms with Gasteiger partial charge in [-0.3, -0.25) is 14.9 Å². The van der Waals surface area contributed by atoms with Crippen LogP contribution in [0.2, 0.25) is 5.02 Å². The van der Waals surface area contributed by atoms with Gasteiger partial charge in [0.05, 0.1) is 5.02 Å². The summed E-state index contributed by atoms with van der Waals surface area (Å²) in [6.45, 7) is 0. The summed E-state index contributed by atoms with van der Waals surface area (Å²) in [5.74, 6) is 0.460. The number of carbonyl (C=O) groups excluding carboxylic acids is 2. The van der Waals surface area contributed by atoms with Crippen molar-refractivity contribution >= 4 is 29.4 Å². The van der Waals surface area contributed by atoms with E-state index in [0.717, 1.165) is 0 Å². The van der Waals surface area contributed by atoms with E-state index < -0.39 is 6.04 Å². The van der Waals surface area contributed by atoms with Crippen molar-refractivity contribution < 1.29 is 9.59 Å². The van der Waals surface area contributed by atoms with Crippen molar-refractivity contribution in [1.82, 2.24) is 19.7 Å². The second kappa shape index (κ2) is 6.00. The molecule has 23 heavy (non-hydrogen) atoms. The van der Waals surface area contributed by atoms with Crippen molar-refractivity contribution in [3.63, 3.8) is 0 Å². The number of amides is 2. The number of carbonyl (C=O) groups is 2. The molecule has 7 nitrogen and oxygen atoms in total. The summed E-state index contributed by atoms with van der Waals surface area (Å²) >= 11 is 6.14. The molecular formula is C15H16ClN5O2. The predicted octanol–water partition coefficient (Wildman–Crippen LogP) is 1.69. The summed E-state index contributed by atoms with van der Waals surface area (Å²) < 4.78 is 1.48. The topological polar surface area (TPSA) is 80.1 Å².